The topological polar surface area (TPSA) is 69.4 Å². The Kier molecular flexibility index (Phi) is 5.61. The summed E-state index contributed by atoms with van der Waals surface area (Å²) in [6.45, 7) is 2.35. The SMILES string of the molecule is CC(CCN)S(=O)(=O)COCc1ccccc1. The van der Waals surface area contributed by atoms with E-state index >= 15 is 0 Å². The van der Waals surface area contributed by atoms with E-state index in [2.05, 4.69) is 0 Å². The van der Waals surface area contributed by atoms with E-state index in [9.17, 15) is 8.42 Å². The molecule has 5 heteroatoms. The fraction of sp³-hybridized carbons (Fsp3) is 0.500. The van der Waals surface area contributed by atoms with E-state index in [1.807, 2.05) is 30.3 Å². The van der Waals surface area contributed by atoms with Gasteiger partial charge in [0.25, 0.3) is 0 Å². The van der Waals surface area contributed by atoms with Crippen LogP contribution in [0.2, 0.25) is 0 Å². The van der Waals surface area contributed by atoms with Gasteiger partial charge in [-0.2, -0.15) is 0 Å². The molecule has 2 N–H and O–H groups in total. The molecule has 0 aromatic heterocycles. The lowest BCUT2D eigenvalue weighted by Crippen LogP contribution is -2.25. The summed E-state index contributed by atoms with van der Waals surface area (Å²) in [6, 6.07) is 9.49. The number of hydrogen-bond acceptors (Lipinski definition) is 4. The third-order valence-electron chi connectivity index (χ3n) is 2.55. The van der Waals surface area contributed by atoms with Crippen LogP contribution < -0.4 is 5.73 Å². The molecular weight excluding hydrogens is 238 g/mol. The molecule has 96 valence electrons. The summed E-state index contributed by atoms with van der Waals surface area (Å²) >= 11 is 0. The molecule has 1 atom stereocenters. The Labute approximate surface area is 103 Å². The highest BCUT2D eigenvalue weighted by molar-refractivity contribution is 7.91. The Morgan fingerprint density at radius 3 is 2.53 bits per heavy atom. The van der Waals surface area contributed by atoms with Crippen LogP contribution in [0.25, 0.3) is 0 Å². The van der Waals surface area contributed by atoms with Gasteiger partial charge in [-0.05, 0) is 25.5 Å². The van der Waals surface area contributed by atoms with Gasteiger partial charge >= 0.3 is 0 Å². The van der Waals surface area contributed by atoms with Gasteiger partial charge in [0, 0.05) is 0 Å². The van der Waals surface area contributed by atoms with E-state index in [0.29, 0.717) is 19.6 Å². The van der Waals surface area contributed by atoms with Crippen LogP contribution in [0.5, 0.6) is 0 Å². The molecule has 0 spiro atoms. The van der Waals surface area contributed by atoms with Gasteiger partial charge in [0.2, 0.25) is 0 Å². The van der Waals surface area contributed by atoms with Crippen molar-refractivity contribution in [3.63, 3.8) is 0 Å². The molecule has 1 aromatic rings. The summed E-state index contributed by atoms with van der Waals surface area (Å²) in [4.78, 5) is 0. The number of ether oxygens (including phenoxy) is 1. The average molecular weight is 257 g/mol. The van der Waals surface area contributed by atoms with Gasteiger partial charge in [0.15, 0.2) is 9.84 Å². The Morgan fingerprint density at radius 1 is 1.29 bits per heavy atom. The van der Waals surface area contributed by atoms with Crippen molar-refractivity contribution in [2.75, 3.05) is 12.5 Å². The van der Waals surface area contributed by atoms with Gasteiger partial charge in [-0.25, -0.2) is 8.42 Å². The largest absolute Gasteiger partial charge is 0.361 e. The molecule has 0 radical (unpaired) electrons. The van der Waals surface area contributed by atoms with Crippen molar-refractivity contribution in [1.29, 1.82) is 0 Å². The predicted octanol–water partition coefficient (Wildman–Crippen LogP) is 1.31. The van der Waals surface area contributed by atoms with Crippen LogP contribution in [-0.2, 0) is 21.2 Å². The van der Waals surface area contributed by atoms with Crippen LogP contribution in [0.15, 0.2) is 30.3 Å². The van der Waals surface area contributed by atoms with E-state index in [0.717, 1.165) is 5.56 Å². The molecule has 0 saturated carbocycles. The third kappa shape index (κ3) is 4.85. The van der Waals surface area contributed by atoms with Crippen LogP contribution in [0.1, 0.15) is 18.9 Å². The lowest BCUT2D eigenvalue weighted by Gasteiger charge is -2.12. The van der Waals surface area contributed by atoms with Crippen molar-refractivity contribution < 1.29 is 13.2 Å². The Morgan fingerprint density at radius 2 is 1.94 bits per heavy atom. The fourth-order valence-corrected chi connectivity index (χ4v) is 2.42. The van der Waals surface area contributed by atoms with Crippen molar-refractivity contribution in [2.24, 2.45) is 5.73 Å². The molecule has 0 aliphatic heterocycles. The minimum Gasteiger partial charge on any atom is -0.361 e. The zero-order valence-electron chi connectivity index (χ0n) is 10.0. The first-order chi connectivity index (χ1) is 8.06. The quantitative estimate of drug-likeness (QED) is 0.799. The molecular formula is C12H19NO3S. The summed E-state index contributed by atoms with van der Waals surface area (Å²) in [5.74, 6) is -0.247. The summed E-state index contributed by atoms with van der Waals surface area (Å²) in [5.41, 5.74) is 6.31. The van der Waals surface area contributed by atoms with Crippen LogP contribution in [-0.4, -0.2) is 26.2 Å². The zero-order chi connectivity index (χ0) is 12.7. The highest BCUT2D eigenvalue weighted by Gasteiger charge is 2.19. The van der Waals surface area contributed by atoms with Crippen molar-refractivity contribution in [1.82, 2.24) is 0 Å². The van der Waals surface area contributed by atoms with Crippen LogP contribution in [0, 0.1) is 0 Å². The molecule has 0 fully saturated rings. The summed E-state index contributed by atoms with van der Waals surface area (Å²) < 4.78 is 28.7. The molecule has 0 amide bonds. The lowest BCUT2D eigenvalue weighted by atomic mass is 10.2. The monoisotopic (exact) mass is 257 g/mol. The second-order valence-electron chi connectivity index (χ2n) is 4.00. The highest BCUT2D eigenvalue weighted by atomic mass is 32.2. The van der Waals surface area contributed by atoms with Crippen molar-refractivity contribution in [3.05, 3.63) is 35.9 Å². The van der Waals surface area contributed by atoms with Gasteiger partial charge < -0.3 is 10.5 Å². The smallest absolute Gasteiger partial charge is 0.176 e. The first-order valence-electron chi connectivity index (χ1n) is 5.59. The number of nitrogens with two attached hydrogens (primary N) is 1. The molecule has 1 unspecified atom stereocenters. The van der Waals surface area contributed by atoms with Crippen LogP contribution in [0.4, 0.5) is 0 Å². The molecule has 4 nitrogen and oxygen atoms in total. The van der Waals surface area contributed by atoms with Crippen LogP contribution in [0.3, 0.4) is 0 Å². The van der Waals surface area contributed by atoms with Crippen molar-refractivity contribution >= 4 is 9.84 Å². The minimum atomic E-state index is -3.19. The van der Waals surface area contributed by atoms with E-state index in [4.69, 9.17) is 10.5 Å². The molecule has 0 heterocycles. The van der Waals surface area contributed by atoms with Crippen LogP contribution >= 0.6 is 0 Å². The van der Waals surface area contributed by atoms with Gasteiger partial charge in [-0.15, -0.1) is 0 Å². The third-order valence-corrected chi connectivity index (χ3v) is 4.50. The lowest BCUT2D eigenvalue weighted by molar-refractivity contribution is 0.162. The number of hydrogen-bond donors (Lipinski definition) is 1. The second kappa shape index (κ2) is 6.74. The van der Waals surface area contributed by atoms with Crippen molar-refractivity contribution in [2.45, 2.75) is 25.2 Å². The van der Waals surface area contributed by atoms with E-state index in [1.54, 1.807) is 6.92 Å². The maximum absolute atomic E-state index is 11.7. The van der Waals surface area contributed by atoms with Gasteiger partial charge in [-0.3, -0.25) is 0 Å². The van der Waals surface area contributed by atoms with Gasteiger partial charge in [-0.1, -0.05) is 30.3 Å². The Bertz CT molecular complexity index is 417. The maximum atomic E-state index is 11.7. The molecule has 0 aliphatic rings. The normalized spacial score (nSPS) is 13.5. The standard InChI is InChI=1S/C12H19NO3S/c1-11(7-8-13)17(14,15)10-16-9-12-5-3-2-4-6-12/h2-6,11H,7-10,13H2,1H3. The van der Waals surface area contributed by atoms with Gasteiger partial charge in [0.05, 0.1) is 11.9 Å². The summed E-state index contributed by atoms with van der Waals surface area (Å²) in [7, 11) is -3.19. The molecule has 17 heavy (non-hydrogen) atoms. The summed E-state index contributed by atoms with van der Waals surface area (Å²) in [6.07, 6.45) is 0.469. The van der Waals surface area contributed by atoms with E-state index in [1.165, 1.54) is 0 Å². The highest BCUT2D eigenvalue weighted by Crippen LogP contribution is 2.08. The second-order valence-corrected chi connectivity index (χ2v) is 6.37. The first-order valence-corrected chi connectivity index (χ1v) is 7.31. The zero-order valence-corrected chi connectivity index (χ0v) is 10.8. The number of benzene rings is 1. The molecule has 0 saturated heterocycles. The maximum Gasteiger partial charge on any atom is 0.176 e. The van der Waals surface area contributed by atoms with E-state index < -0.39 is 15.1 Å². The Hall–Kier alpha value is -0.910. The Balaban J connectivity index is 2.40. The fourth-order valence-electron chi connectivity index (χ4n) is 1.38. The molecule has 0 bridgehead atoms. The van der Waals surface area contributed by atoms with Gasteiger partial charge in [0.1, 0.15) is 5.94 Å². The van der Waals surface area contributed by atoms with E-state index in [-0.39, 0.29) is 5.94 Å². The van der Waals surface area contributed by atoms with Crippen molar-refractivity contribution in [3.8, 4) is 0 Å². The summed E-state index contributed by atoms with van der Waals surface area (Å²) in [5, 5.41) is -0.441. The molecule has 0 aliphatic carbocycles. The number of sulfone groups is 1. The number of rotatable bonds is 7. The first kappa shape index (κ1) is 14.2. The minimum absolute atomic E-state index is 0.247. The average Bonchev–Trinajstić information content (AvgIpc) is 2.30. The predicted molar refractivity (Wildman–Crippen MR) is 68.2 cm³/mol. The molecule has 1 rings (SSSR count). The molecule has 1 aromatic carbocycles.